The Balaban J connectivity index is 1.43. The summed E-state index contributed by atoms with van der Waals surface area (Å²) in [5, 5.41) is 4.81. The molecule has 0 saturated heterocycles. The summed E-state index contributed by atoms with van der Waals surface area (Å²) in [5.74, 6) is 1.27. The number of carbonyl (C=O) groups is 2. The number of anilines is 1. The number of hydrogen-bond donors (Lipinski definition) is 1. The number of thioether (sulfide) groups is 1. The van der Waals surface area contributed by atoms with Crippen molar-refractivity contribution in [2.75, 3.05) is 24.9 Å². The highest BCUT2D eigenvalue weighted by atomic mass is 32.2. The molecule has 4 rings (SSSR count). The Hall–Kier alpha value is -3.46. The minimum absolute atomic E-state index is 0.0460. The van der Waals surface area contributed by atoms with Crippen molar-refractivity contribution in [3.8, 4) is 11.5 Å². The van der Waals surface area contributed by atoms with Gasteiger partial charge in [0.1, 0.15) is 11.5 Å². The summed E-state index contributed by atoms with van der Waals surface area (Å²) in [6.07, 6.45) is 2.80. The zero-order valence-corrected chi connectivity index (χ0v) is 17.3. The molecule has 2 aliphatic rings. The van der Waals surface area contributed by atoms with E-state index in [0.29, 0.717) is 27.9 Å². The molecule has 2 aromatic carbocycles. The van der Waals surface area contributed by atoms with Gasteiger partial charge in [0.05, 0.1) is 25.7 Å². The molecule has 1 N–H and O–H groups in total. The summed E-state index contributed by atoms with van der Waals surface area (Å²) < 4.78 is 10.4. The maximum atomic E-state index is 12.9. The first-order valence-electron chi connectivity index (χ1n) is 9.18. The minimum Gasteiger partial charge on any atom is -0.497 e. The highest BCUT2D eigenvalue weighted by molar-refractivity contribution is 8.14. The summed E-state index contributed by atoms with van der Waals surface area (Å²) in [6, 6.07) is 14.3. The Labute approximate surface area is 178 Å². The number of amidine groups is 1. The molecule has 1 atom stereocenters. The van der Waals surface area contributed by atoms with Crippen molar-refractivity contribution in [1.29, 1.82) is 0 Å². The van der Waals surface area contributed by atoms with Crippen molar-refractivity contribution < 1.29 is 19.1 Å². The van der Waals surface area contributed by atoms with Crippen LogP contribution in [0.5, 0.6) is 11.5 Å². The largest absolute Gasteiger partial charge is 0.497 e. The van der Waals surface area contributed by atoms with E-state index in [0.717, 1.165) is 0 Å². The molecule has 2 heterocycles. The van der Waals surface area contributed by atoms with Crippen molar-refractivity contribution in [1.82, 2.24) is 10.3 Å². The van der Waals surface area contributed by atoms with Crippen LogP contribution < -0.4 is 19.8 Å². The third-order valence-electron chi connectivity index (χ3n) is 4.68. The molecule has 0 saturated carbocycles. The average molecular weight is 424 g/mol. The van der Waals surface area contributed by atoms with Crippen molar-refractivity contribution in [2.45, 2.75) is 6.17 Å². The molecule has 8 nitrogen and oxygen atoms in total. The van der Waals surface area contributed by atoms with E-state index in [1.54, 1.807) is 66.8 Å². The number of ketones is 1. The van der Waals surface area contributed by atoms with Crippen LogP contribution in [0.2, 0.25) is 0 Å². The van der Waals surface area contributed by atoms with Gasteiger partial charge in [-0.05, 0) is 24.3 Å². The first-order chi connectivity index (χ1) is 14.6. The van der Waals surface area contributed by atoms with Crippen molar-refractivity contribution in [3.63, 3.8) is 0 Å². The van der Waals surface area contributed by atoms with Crippen LogP contribution in [-0.2, 0) is 4.79 Å². The predicted molar refractivity (Wildman–Crippen MR) is 116 cm³/mol. The number of rotatable bonds is 6. The second kappa shape index (κ2) is 8.50. The second-order valence-electron chi connectivity index (χ2n) is 6.48. The number of hydrogen-bond acceptors (Lipinski definition) is 8. The minimum atomic E-state index is -0.657. The summed E-state index contributed by atoms with van der Waals surface area (Å²) >= 11 is 1.27. The molecule has 0 bridgehead atoms. The fourth-order valence-electron chi connectivity index (χ4n) is 3.10. The summed E-state index contributed by atoms with van der Waals surface area (Å²) in [7, 11) is 3.14. The van der Waals surface area contributed by atoms with Gasteiger partial charge >= 0.3 is 0 Å². The van der Waals surface area contributed by atoms with Crippen molar-refractivity contribution in [2.24, 2.45) is 5.10 Å². The Morgan fingerprint density at radius 1 is 1.10 bits per heavy atom. The number of methoxy groups -OCH3 is 2. The van der Waals surface area contributed by atoms with Gasteiger partial charge in [-0.3, -0.25) is 24.8 Å². The molecular weight excluding hydrogens is 404 g/mol. The van der Waals surface area contributed by atoms with Gasteiger partial charge in [0.25, 0.3) is 5.91 Å². The van der Waals surface area contributed by atoms with E-state index >= 15 is 0 Å². The van der Waals surface area contributed by atoms with Gasteiger partial charge in [0.2, 0.25) is 6.17 Å². The maximum absolute atomic E-state index is 12.9. The highest BCUT2D eigenvalue weighted by Gasteiger charge is 2.38. The number of ether oxygens (including phenoxy) is 2. The molecule has 0 aromatic heterocycles. The van der Waals surface area contributed by atoms with Crippen LogP contribution in [0.4, 0.5) is 5.69 Å². The lowest BCUT2D eigenvalue weighted by Gasteiger charge is -2.32. The van der Waals surface area contributed by atoms with Crippen LogP contribution in [0.1, 0.15) is 10.4 Å². The predicted octanol–water partition coefficient (Wildman–Crippen LogP) is 2.64. The van der Waals surface area contributed by atoms with E-state index in [9.17, 15) is 9.59 Å². The fourth-order valence-corrected chi connectivity index (χ4v) is 3.96. The topological polar surface area (TPSA) is 83.5 Å². The van der Waals surface area contributed by atoms with Crippen LogP contribution in [0, 0.1) is 0 Å². The molecule has 9 heteroatoms. The van der Waals surface area contributed by atoms with E-state index < -0.39 is 6.17 Å². The standard InChI is InChI=1S/C21H20N4O4S/c1-28-16-7-3-5-14(11-16)18(26)13-30-21-23-22-19-20(27)24(9-10-25(19)21)15-6-4-8-17(12-15)29-2/h3-12,19,22H,13H2,1-2H3. The van der Waals surface area contributed by atoms with Crippen LogP contribution in [0.15, 0.2) is 66.0 Å². The molecule has 0 fully saturated rings. The quantitative estimate of drug-likeness (QED) is 0.714. The fraction of sp³-hybridized carbons (Fsp3) is 0.190. The smallest absolute Gasteiger partial charge is 0.276 e. The second-order valence-corrected chi connectivity index (χ2v) is 7.43. The van der Waals surface area contributed by atoms with Crippen LogP contribution in [-0.4, -0.2) is 47.9 Å². The van der Waals surface area contributed by atoms with E-state index in [2.05, 4.69) is 10.5 Å². The van der Waals surface area contributed by atoms with Crippen molar-refractivity contribution >= 4 is 34.3 Å². The molecule has 154 valence electrons. The average Bonchev–Trinajstić information content (AvgIpc) is 3.21. The summed E-state index contributed by atoms with van der Waals surface area (Å²) in [5.41, 5.74) is 4.13. The van der Waals surface area contributed by atoms with E-state index in [-0.39, 0.29) is 17.4 Å². The normalized spacial score (nSPS) is 17.3. The van der Waals surface area contributed by atoms with Gasteiger partial charge in [0, 0.05) is 24.0 Å². The Morgan fingerprint density at radius 2 is 1.83 bits per heavy atom. The van der Waals surface area contributed by atoms with Crippen LogP contribution >= 0.6 is 11.8 Å². The van der Waals surface area contributed by atoms with Gasteiger partial charge in [-0.25, -0.2) is 0 Å². The zero-order valence-electron chi connectivity index (χ0n) is 16.4. The van der Waals surface area contributed by atoms with Gasteiger partial charge < -0.3 is 9.47 Å². The number of fused-ring (bicyclic) bond motifs is 1. The lowest BCUT2D eigenvalue weighted by Crippen LogP contribution is -2.52. The van der Waals surface area contributed by atoms with Crippen molar-refractivity contribution in [3.05, 3.63) is 66.5 Å². The number of hydrazone groups is 1. The molecule has 2 aromatic rings. The highest BCUT2D eigenvalue weighted by Crippen LogP contribution is 2.28. The SMILES string of the molecule is COc1cccc(C(=O)CSC2=NNC3C(=O)N(c4cccc(OC)c4)C=CN23)c1. The molecule has 30 heavy (non-hydrogen) atoms. The van der Waals surface area contributed by atoms with Gasteiger partial charge in [-0.1, -0.05) is 30.0 Å². The van der Waals surface area contributed by atoms with Gasteiger partial charge in [0.15, 0.2) is 11.0 Å². The van der Waals surface area contributed by atoms with Gasteiger partial charge in [-0.2, -0.15) is 5.10 Å². The molecular formula is C21H20N4O4S. The van der Waals surface area contributed by atoms with Crippen LogP contribution in [0.3, 0.4) is 0 Å². The molecule has 0 aliphatic carbocycles. The monoisotopic (exact) mass is 424 g/mol. The van der Waals surface area contributed by atoms with Crippen LogP contribution in [0.25, 0.3) is 0 Å². The number of amides is 1. The molecule has 0 radical (unpaired) electrons. The number of nitrogens with one attached hydrogen (secondary N) is 1. The van der Waals surface area contributed by atoms with E-state index in [4.69, 9.17) is 9.47 Å². The molecule has 1 unspecified atom stereocenters. The number of benzene rings is 2. The lowest BCUT2D eigenvalue weighted by molar-refractivity contribution is -0.122. The van der Waals surface area contributed by atoms with E-state index in [1.807, 2.05) is 18.2 Å². The third-order valence-corrected chi connectivity index (χ3v) is 5.65. The summed E-state index contributed by atoms with van der Waals surface area (Å²) in [6.45, 7) is 0. The number of carbonyl (C=O) groups excluding carboxylic acids is 2. The Bertz CT molecular complexity index is 1040. The third kappa shape index (κ3) is 3.84. The molecule has 0 spiro atoms. The van der Waals surface area contributed by atoms with E-state index in [1.165, 1.54) is 11.8 Å². The van der Waals surface area contributed by atoms with Gasteiger partial charge in [-0.15, -0.1) is 0 Å². The first-order valence-corrected chi connectivity index (χ1v) is 10.2. The molecule has 1 amide bonds. The lowest BCUT2D eigenvalue weighted by atomic mass is 10.1. The first kappa shape index (κ1) is 19.8. The zero-order chi connectivity index (χ0) is 21.1. The summed E-state index contributed by atoms with van der Waals surface area (Å²) in [4.78, 5) is 28.7. The maximum Gasteiger partial charge on any atom is 0.276 e. The molecule has 2 aliphatic heterocycles. The Morgan fingerprint density at radius 3 is 2.60 bits per heavy atom. The Kier molecular flexibility index (Phi) is 5.62. The number of nitrogens with zero attached hydrogens (tertiary/aromatic N) is 3. The number of Topliss-reactive ketones (excluding diaryl/α,β-unsaturated/α-hetero) is 1.